The van der Waals surface area contributed by atoms with E-state index in [1.54, 1.807) is 6.07 Å². The van der Waals surface area contributed by atoms with E-state index in [1.807, 2.05) is 29.0 Å². The predicted molar refractivity (Wildman–Crippen MR) is 140 cm³/mol. The van der Waals surface area contributed by atoms with Crippen LogP contribution >= 0.6 is 11.2 Å². The molecule has 0 saturated heterocycles. The molecule has 0 bridgehead atoms. The predicted octanol–water partition coefficient (Wildman–Crippen LogP) is 8.30. The molecule has 1 aliphatic rings. The van der Waals surface area contributed by atoms with Crippen molar-refractivity contribution in [2.24, 2.45) is 0 Å². The number of hydrogen-bond donors (Lipinski definition) is 2. The van der Waals surface area contributed by atoms with Crippen LogP contribution in [0.25, 0.3) is 0 Å². The zero-order valence-electron chi connectivity index (χ0n) is 20.5. The quantitative estimate of drug-likeness (QED) is 0.176. The number of carboxylic acid groups (broad SMARTS) is 1. The van der Waals surface area contributed by atoms with Gasteiger partial charge in [0.1, 0.15) is 0 Å². The molecule has 0 aromatic heterocycles. The number of aryl methyl sites for hydroxylation is 1. The van der Waals surface area contributed by atoms with E-state index >= 15 is 0 Å². The maximum absolute atomic E-state index is 13.2. The van der Waals surface area contributed by atoms with E-state index < -0.39 is 23.1 Å². The van der Waals surface area contributed by atoms with Gasteiger partial charge in [0.25, 0.3) is 0 Å². The molecule has 0 atom stereocenters. The monoisotopic (exact) mass is 474 g/mol. The number of rotatable bonds is 17. The van der Waals surface area contributed by atoms with Crippen LogP contribution in [0.2, 0.25) is 0 Å². The van der Waals surface area contributed by atoms with Gasteiger partial charge in [-0.1, -0.05) is 107 Å². The lowest BCUT2D eigenvalue weighted by molar-refractivity contribution is 0.0675. The summed E-state index contributed by atoms with van der Waals surface area (Å²) in [6.07, 6.45) is 19.5. The Kier molecular flexibility index (Phi) is 13.0. The molecule has 0 saturated carbocycles. The molecular weight excluding hydrogens is 432 g/mol. The highest BCUT2D eigenvalue weighted by atomic mass is 32.2. The molecular formula is C28H42O4S. The molecule has 0 fully saturated rings. The van der Waals surface area contributed by atoms with Gasteiger partial charge in [-0.05, 0) is 53.7 Å². The summed E-state index contributed by atoms with van der Waals surface area (Å²) in [6.45, 7) is 4.43. The van der Waals surface area contributed by atoms with Gasteiger partial charge < -0.3 is 9.29 Å². The number of carbonyl (C=O) groups is 2. The van der Waals surface area contributed by atoms with Gasteiger partial charge in [-0.15, -0.1) is 0 Å². The van der Waals surface area contributed by atoms with Crippen molar-refractivity contribution in [2.45, 2.75) is 104 Å². The summed E-state index contributed by atoms with van der Waals surface area (Å²) in [7, 11) is 0. The summed E-state index contributed by atoms with van der Waals surface area (Å²) in [5.74, 6) is -1.57. The molecule has 1 aliphatic heterocycles. The van der Waals surface area contributed by atoms with Crippen molar-refractivity contribution in [2.75, 3.05) is 0 Å². The zero-order valence-corrected chi connectivity index (χ0v) is 21.4. The van der Waals surface area contributed by atoms with Crippen LogP contribution in [-0.4, -0.2) is 17.0 Å². The molecule has 33 heavy (non-hydrogen) atoms. The highest BCUT2D eigenvalue weighted by molar-refractivity contribution is 8.18. The smallest absolute Gasteiger partial charge is 0.350 e. The van der Waals surface area contributed by atoms with Gasteiger partial charge in [0.2, 0.25) is 0 Å². The minimum Gasteiger partial charge on any atom is -0.478 e. The van der Waals surface area contributed by atoms with Crippen LogP contribution < -0.4 is 0 Å². The van der Waals surface area contributed by atoms with E-state index in [4.69, 9.17) is 4.18 Å². The maximum Gasteiger partial charge on any atom is 0.350 e. The summed E-state index contributed by atoms with van der Waals surface area (Å²) < 4.78 is 5.70. The fraction of sp³-hybridized carbons (Fsp3) is 0.571. The summed E-state index contributed by atoms with van der Waals surface area (Å²) in [5.41, 5.74) is 2.35. The number of carbonyl (C=O) groups excluding carboxylic acids is 1. The third kappa shape index (κ3) is 9.40. The molecule has 184 valence electrons. The first-order valence-corrected chi connectivity index (χ1v) is 14.2. The molecule has 0 aliphatic carbocycles. The Labute approximate surface area is 203 Å². The molecule has 1 heterocycles. The van der Waals surface area contributed by atoms with E-state index in [-0.39, 0.29) is 11.1 Å². The second-order valence-electron chi connectivity index (χ2n) is 8.89. The van der Waals surface area contributed by atoms with Crippen LogP contribution in [0.4, 0.5) is 0 Å². The molecule has 1 N–H and O–H groups in total. The summed E-state index contributed by atoms with van der Waals surface area (Å²) in [4.78, 5) is 25.2. The van der Waals surface area contributed by atoms with Gasteiger partial charge in [0.05, 0.1) is 11.1 Å². The highest BCUT2D eigenvalue weighted by Crippen LogP contribution is 2.36. The molecule has 0 unspecified atom stereocenters. The van der Waals surface area contributed by atoms with Gasteiger partial charge in [0, 0.05) is 0 Å². The van der Waals surface area contributed by atoms with Gasteiger partial charge in [-0.2, -0.15) is 0 Å². The van der Waals surface area contributed by atoms with E-state index in [1.165, 1.54) is 51.4 Å². The topological polar surface area (TPSA) is 63.6 Å². The van der Waals surface area contributed by atoms with Crippen LogP contribution in [0, 0.1) is 0 Å². The minimum absolute atomic E-state index is 0.0647. The van der Waals surface area contributed by atoms with Crippen molar-refractivity contribution < 1.29 is 18.9 Å². The first-order valence-electron chi connectivity index (χ1n) is 12.8. The Morgan fingerprint density at radius 1 is 0.788 bits per heavy atom. The Balaban J connectivity index is 2.20. The highest BCUT2D eigenvalue weighted by Gasteiger charge is 2.25. The normalized spacial score (nSPS) is 13.6. The SMILES string of the molecule is CCCCCCCCc1ccc(C(=O)O)c(C(=O)O[SH]2C=CC=C2)c1CCCCCCCC. The molecule has 1 aromatic carbocycles. The summed E-state index contributed by atoms with van der Waals surface area (Å²) in [5, 5.41) is 13.6. The van der Waals surface area contributed by atoms with E-state index in [0.29, 0.717) is 0 Å². The molecule has 0 spiro atoms. The van der Waals surface area contributed by atoms with Crippen molar-refractivity contribution in [3.05, 3.63) is 57.4 Å². The molecule has 0 amide bonds. The Morgan fingerprint density at radius 2 is 1.33 bits per heavy atom. The Morgan fingerprint density at radius 3 is 1.91 bits per heavy atom. The lowest BCUT2D eigenvalue weighted by atomic mass is 9.89. The van der Waals surface area contributed by atoms with Crippen LogP contribution in [0.3, 0.4) is 0 Å². The second kappa shape index (κ2) is 15.8. The summed E-state index contributed by atoms with van der Waals surface area (Å²) >= 11 is -1.11. The van der Waals surface area contributed by atoms with Crippen LogP contribution in [-0.2, 0) is 17.0 Å². The van der Waals surface area contributed by atoms with E-state index in [2.05, 4.69) is 13.8 Å². The largest absolute Gasteiger partial charge is 0.478 e. The third-order valence-corrected chi connectivity index (χ3v) is 7.50. The average molecular weight is 475 g/mol. The van der Waals surface area contributed by atoms with Crippen molar-refractivity contribution in [3.63, 3.8) is 0 Å². The van der Waals surface area contributed by atoms with Crippen LogP contribution in [0.1, 0.15) is 123 Å². The fourth-order valence-corrected chi connectivity index (χ4v) is 5.36. The molecule has 4 nitrogen and oxygen atoms in total. The van der Waals surface area contributed by atoms with Crippen LogP contribution in [0.15, 0.2) is 35.1 Å². The first-order chi connectivity index (χ1) is 16.1. The number of hydrogen-bond acceptors (Lipinski definition) is 3. The first kappa shape index (κ1) is 27.2. The standard InChI is InChI=1S/C28H42O4S/c1-3-5-7-9-11-13-17-23-19-20-25(27(29)30)26(28(31)32-33-21-15-16-22-33)24(23)18-14-12-10-8-6-4-2/h15-16,19-22,33H,3-14,17-18H2,1-2H3,(H,29,30). The molecule has 2 rings (SSSR count). The van der Waals surface area contributed by atoms with Gasteiger partial charge in [0.15, 0.2) is 0 Å². The summed E-state index contributed by atoms with van der Waals surface area (Å²) in [6, 6.07) is 3.53. The fourth-order valence-electron chi connectivity index (χ4n) is 4.32. The molecule has 0 radical (unpaired) electrons. The van der Waals surface area contributed by atoms with E-state index in [9.17, 15) is 14.7 Å². The van der Waals surface area contributed by atoms with Gasteiger partial charge in [-0.25, -0.2) is 9.59 Å². The van der Waals surface area contributed by atoms with Gasteiger partial charge >= 0.3 is 11.9 Å². The van der Waals surface area contributed by atoms with E-state index in [0.717, 1.165) is 49.7 Å². The second-order valence-corrected chi connectivity index (χ2v) is 10.4. The molecule has 5 heteroatoms. The lowest BCUT2D eigenvalue weighted by Gasteiger charge is -2.19. The van der Waals surface area contributed by atoms with Crippen LogP contribution in [0.5, 0.6) is 0 Å². The van der Waals surface area contributed by atoms with Gasteiger partial charge in [-0.3, -0.25) is 0 Å². The number of allylic oxidation sites excluding steroid dienone is 2. The maximum atomic E-state index is 13.2. The lowest BCUT2D eigenvalue weighted by Crippen LogP contribution is -2.15. The minimum atomic E-state index is -1.11. The number of carboxylic acids is 1. The van der Waals surface area contributed by atoms with Crippen molar-refractivity contribution >= 4 is 23.1 Å². The Bertz CT molecular complexity index is 800. The Hall–Kier alpha value is -2.01. The van der Waals surface area contributed by atoms with Crippen molar-refractivity contribution in [1.29, 1.82) is 0 Å². The van der Waals surface area contributed by atoms with Crippen molar-refractivity contribution in [1.82, 2.24) is 0 Å². The number of aromatic carboxylic acids is 1. The number of benzene rings is 1. The molecule has 1 aromatic rings. The number of thiol groups is 1. The average Bonchev–Trinajstić information content (AvgIpc) is 3.31. The van der Waals surface area contributed by atoms with Crippen molar-refractivity contribution in [3.8, 4) is 0 Å². The zero-order chi connectivity index (χ0) is 23.9. The third-order valence-electron chi connectivity index (χ3n) is 6.19. The number of unbranched alkanes of at least 4 members (excludes halogenated alkanes) is 10.